The first kappa shape index (κ1) is 21.7. The van der Waals surface area contributed by atoms with Crippen molar-refractivity contribution in [2.75, 3.05) is 23.9 Å². The second-order valence-electron chi connectivity index (χ2n) is 11.2. The normalized spacial score (nSPS) is 17.0. The summed E-state index contributed by atoms with van der Waals surface area (Å²) in [6.45, 7) is 20.3. The van der Waals surface area contributed by atoms with E-state index in [-0.39, 0.29) is 10.8 Å². The van der Waals surface area contributed by atoms with Crippen molar-refractivity contribution in [2.24, 2.45) is 0 Å². The first-order valence-corrected chi connectivity index (χ1v) is 11.4. The lowest BCUT2D eigenvalue weighted by Gasteiger charge is -2.26. The number of benzene rings is 2. The van der Waals surface area contributed by atoms with Gasteiger partial charge in [0, 0.05) is 50.3 Å². The van der Waals surface area contributed by atoms with Crippen LogP contribution < -0.4 is 14.8 Å². The Morgan fingerprint density at radius 2 is 1.00 bits per heavy atom. The predicted molar refractivity (Wildman–Crippen MR) is 137 cm³/mol. The van der Waals surface area contributed by atoms with Crippen LogP contribution in [0.25, 0.3) is 21.8 Å². The van der Waals surface area contributed by atoms with E-state index in [0.29, 0.717) is 0 Å². The number of anilines is 2. The molecule has 3 heterocycles. The van der Waals surface area contributed by atoms with E-state index in [0.717, 1.165) is 22.4 Å². The van der Waals surface area contributed by atoms with Crippen molar-refractivity contribution in [3.63, 3.8) is 0 Å². The minimum Gasteiger partial charge on any atom is -0.653 e. The number of fused-ring (bicyclic) bond motifs is 3. The molecule has 1 aromatic heterocycles. The van der Waals surface area contributed by atoms with Gasteiger partial charge in [-0.05, 0) is 44.9 Å². The number of hydrogen-bond acceptors (Lipinski definition) is 4. The van der Waals surface area contributed by atoms with Gasteiger partial charge in [-0.1, -0.05) is 53.7 Å². The highest BCUT2D eigenvalue weighted by Crippen LogP contribution is 2.43. The number of rotatable bonds is 2. The van der Waals surface area contributed by atoms with Crippen LogP contribution in [0.1, 0.15) is 52.7 Å². The molecular formula is C28H32N5-. The van der Waals surface area contributed by atoms with E-state index in [4.69, 9.17) is 4.98 Å². The Morgan fingerprint density at radius 3 is 1.30 bits per heavy atom. The summed E-state index contributed by atoms with van der Waals surface area (Å²) in [5, 5.41) is 2.36. The van der Waals surface area contributed by atoms with Crippen LogP contribution in [0.3, 0.4) is 0 Å². The molecular weight excluding hydrogens is 406 g/mol. The third kappa shape index (κ3) is 3.73. The van der Waals surface area contributed by atoms with Gasteiger partial charge in [0.05, 0.1) is 0 Å². The van der Waals surface area contributed by atoms with Crippen molar-refractivity contribution in [3.8, 4) is 0 Å². The molecule has 5 nitrogen and oxygen atoms in total. The molecule has 4 radical (unpaired) electrons. The van der Waals surface area contributed by atoms with Crippen LogP contribution >= 0.6 is 0 Å². The largest absolute Gasteiger partial charge is 0.653 e. The van der Waals surface area contributed by atoms with Gasteiger partial charge in [0.15, 0.2) is 0 Å². The van der Waals surface area contributed by atoms with Crippen molar-refractivity contribution < 1.29 is 0 Å². The molecule has 33 heavy (non-hydrogen) atoms. The molecule has 0 fully saturated rings. The van der Waals surface area contributed by atoms with Gasteiger partial charge >= 0.3 is 0 Å². The zero-order chi connectivity index (χ0) is 23.7. The Labute approximate surface area is 197 Å². The molecule has 0 atom stereocenters. The maximum Gasteiger partial charge on any atom is 0.212 e. The van der Waals surface area contributed by atoms with E-state index in [1.165, 1.54) is 21.9 Å². The van der Waals surface area contributed by atoms with Crippen LogP contribution in [0.2, 0.25) is 0 Å². The lowest BCUT2D eigenvalue weighted by atomic mass is 9.84. The number of nitrogens with zero attached hydrogens (tertiary/aromatic N) is 5. The van der Waals surface area contributed by atoms with E-state index in [9.17, 15) is 0 Å². The van der Waals surface area contributed by atoms with Gasteiger partial charge < -0.3 is 24.6 Å². The lowest BCUT2D eigenvalue weighted by Crippen LogP contribution is -2.17. The van der Waals surface area contributed by atoms with Gasteiger partial charge in [0.1, 0.15) is 0 Å². The molecule has 2 aliphatic rings. The molecule has 0 saturated heterocycles. The highest BCUT2D eigenvalue weighted by Gasteiger charge is 2.23. The van der Waals surface area contributed by atoms with Crippen molar-refractivity contribution >= 4 is 33.2 Å². The molecule has 5 heteroatoms. The van der Waals surface area contributed by atoms with Crippen LogP contribution in [0.15, 0.2) is 49.1 Å². The Hall–Kier alpha value is -3.08. The first-order chi connectivity index (χ1) is 15.4. The Morgan fingerprint density at radius 1 is 0.606 bits per heavy atom. The van der Waals surface area contributed by atoms with Gasteiger partial charge in [-0.2, -0.15) is 0 Å². The Kier molecular flexibility index (Phi) is 4.75. The van der Waals surface area contributed by atoms with E-state index in [2.05, 4.69) is 88.9 Å². The first-order valence-electron chi connectivity index (χ1n) is 11.4. The number of aromatic nitrogens is 1. The smallest absolute Gasteiger partial charge is 0.212 e. The molecule has 0 spiro atoms. The summed E-state index contributed by atoms with van der Waals surface area (Å²) < 4.78 is 0. The molecule has 170 valence electrons. The third-order valence-corrected chi connectivity index (χ3v) is 6.35. The highest BCUT2D eigenvalue weighted by atomic mass is 15.3. The molecule has 5 rings (SSSR count). The molecule has 2 aromatic carbocycles. The topological polar surface area (TPSA) is 27.1 Å². The summed E-state index contributed by atoms with van der Waals surface area (Å²) >= 11 is 0. The van der Waals surface area contributed by atoms with Gasteiger partial charge in [-0.3, -0.25) is 0 Å². The summed E-state index contributed by atoms with van der Waals surface area (Å²) in [6.07, 6.45) is 8.11. The summed E-state index contributed by atoms with van der Waals surface area (Å²) in [5.41, 5.74) is 6.68. The zero-order valence-corrected chi connectivity index (χ0v) is 20.9. The second kappa shape index (κ2) is 7.21. The fourth-order valence-electron chi connectivity index (χ4n) is 4.30. The van der Waals surface area contributed by atoms with Crippen molar-refractivity contribution in [1.82, 2.24) is 14.8 Å². The van der Waals surface area contributed by atoms with E-state index >= 15 is 0 Å². The van der Waals surface area contributed by atoms with Gasteiger partial charge in [0.2, 0.25) is 13.3 Å². The van der Waals surface area contributed by atoms with Crippen molar-refractivity contribution in [3.05, 3.63) is 73.5 Å². The molecule has 3 aromatic rings. The minimum absolute atomic E-state index is 0.00823. The minimum atomic E-state index is 0.00823. The Bertz CT molecular complexity index is 1180. The standard InChI is InChI=1S/C28H32N5/c1-27(2,3)19-13-21-22-14-20(28(4,5)6)16-24(33-12-10-31(8)18-33)26(22)29-25(21)23(15-19)32-11-9-30(7)17-32/h9-16H,1-8H3/q-1. The average Bonchev–Trinajstić information content (AvgIpc) is 3.43. The molecule has 0 N–H and O–H groups in total. The molecule has 0 bridgehead atoms. The zero-order valence-electron chi connectivity index (χ0n) is 20.9. The van der Waals surface area contributed by atoms with Crippen LogP contribution in [-0.4, -0.2) is 23.9 Å². The Balaban J connectivity index is 1.84. The van der Waals surface area contributed by atoms with Gasteiger partial charge in [0.25, 0.3) is 0 Å². The lowest BCUT2D eigenvalue weighted by molar-refractivity contribution is 0.573. The fourth-order valence-corrected chi connectivity index (χ4v) is 4.30. The quantitative estimate of drug-likeness (QED) is 0.490. The van der Waals surface area contributed by atoms with Crippen molar-refractivity contribution in [1.29, 1.82) is 0 Å². The maximum atomic E-state index is 5.23. The molecule has 0 saturated carbocycles. The molecule has 0 amide bonds. The average molecular weight is 439 g/mol. The predicted octanol–water partition coefficient (Wildman–Crippen LogP) is 5.98. The summed E-state index contributed by atoms with van der Waals surface area (Å²) in [7, 11) is 3.98. The number of hydrogen-bond donors (Lipinski definition) is 0. The summed E-state index contributed by atoms with van der Waals surface area (Å²) in [5.74, 6) is 0. The van der Waals surface area contributed by atoms with Crippen LogP contribution in [0, 0.1) is 13.3 Å². The SMILES string of the molecule is CN1[C]N(c2cc(C(C)(C)C)cc3c2[n-]c2c(N4[C]N(C)C=C4)cc(C(C)(C)C)cc23)C=C1. The van der Waals surface area contributed by atoms with E-state index in [1.54, 1.807) is 0 Å². The van der Waals surface area contributed by atoms with Crippen molar-refractivity contribution in [2.45, 2.75) is 52.4 Å². The third-order valence-electron chi connectivity index (χ3n) is 6.35. The molecule has 0 aliphatic carbocycles. The maximum absolute atomic E-state index is 5.23. The highest BCUT2D eigenvalue weighted by molar-refractivity contribution is 6.15. The summed E-state index contributed by atoms with van der Waals surface area (Å²) in [6, 6.07) is 9.17. The van der Waals surface area contributed by atoms with Gasteiger partial charge in [-0.25, -0.2) is 0 Å². The van der Waals surface area contributed by atoms with Crippen LogP contribution in [0.5, 0.6) is 0 Å². The van der Waals surface area contributed by atoms with Gasteiger partial charge in [-0.15, -0.1) is 11.0 Å². The van der Waals surface area contributed by atoms with E-state index in [1.807, 2.05) is 48.7 Å². The molecule has 2 aliphatic heterocycles. The van der Waals surface area contributed by atoms with Crippen LogP contribution in [0.4, 0.5) is 11.4 Å². The fraction of sp³-hybridized carbons (Fsp3) is 0.357. The van der Waals surface area contributed by atoms with E-state index < -0.39 is 0 Å². The summed E-state index contributed by atoms with van der Waals surface area (Å²) in [4.78, 5) is 13.2. The monoisotopic (exact) mass is 438 g/mol. The second-order valence-corrected chi connectivity index (χ2v) is 11.2. The molecule has 0 unspecified atom stereocenters. The van der Waals surface area contributed by atoms with Crippen LogP contribution in [-0.2, 0) is 10.8 Å².